The van der Waals surface area contributed by atoms with Crippen LogP contribution in [0.3, 0.4) is 0 Å². The lowest BCUT2D eigenvalue weighted by Crippen LogP contribution is -2.27. The van der Waals surface area contributed by atoms with E-state index < -0.39 is 0 Å². The highest BCUT2D eigenvalue weighted by Gasteiger charge is 2.30. The fourth-order valence-electron chi connectivity index (χ4n) is 3.15. The van der Waals surface area contributed by atoms with Gasteiger partial charge in [0.25, 0.3) is 0 Å². The molecule has 0 aromatic carbocycles. The first-order valence-corrected chi connectivity index (χ1v) is 7.03. The van der Waals surface area contributed by atoms with Gasteiger partial charge < -0.3 is 0 Å². The smallest absolute Gasteiger partial charge is 0.0352 e. The summed E-state index contributed by atoms with van der Waals surface area (Å²) in [5.41, 5.74) is 0.610. The summed E-state index contributed by atoms with van der Waals surface area (Å²) in [4.78, 5) is 0. The van der Waals surface area contributed by atoms with Gasteiger partial charge in [-0.1, -0.05) is 53.4 Å². The average molecular weight is 210 g/mol. The van der Waals surface area contributed by atoms with Crippen LogP contribution in [-0.4, -0.2) is 0 Å². The molecule has 0 aliphatic heterocycles. The van der Waals surface area contributed by atoms with Gasteiger partial charge in [-0.2, -0.15) is 0 Å². The molecule has 0 atom stereocenters. The van der Waals surface area contributed by atoms with Crippen LogP contribution in [0.4, 0.5) is 0 Å². The van der Waals surface area contributed by atoms with Crippen LogP contribution in [0, 0.1) is 17.3 Å². The highest BCUT2D eigenvalue weighted by atomic mass is 14.4. The predicted molar refractivity (Wildman–Crippen MR) is 69.0 cm³/mol. The van der Waals surface area contributed by atoms with Gasteiger partial charge in [0.1, 0.15) is 0 Å². The maximum Gasteiger partial charge on any atom is -0.0352 e. The van der Waals surface area contributed by atoms with Crippen LogP contribution in [0.25, 0.3) is 0 Å². The Hall–Kier alpha value is 0. The predicted octanol–water partition coefficient (Wildman–Crippen LogP) is 5.42. The summed E-state index contributed by atoms with van der Waals surface area (Å²) in [6.07, 6.45) is 11.6. The Balaban J connectivity index is 2.08. The van der Waals surface area contributed by atoms with Gasteiger partial charge in [-0.05, 0) is 42.9 Å². The second-order valence-electron chi connectivity index (χ2n) is 6.62. The van der Waals surface area contributed by atoms with Gasteiger partial charge in [0.2, 0.25) is 0 Å². The Morgan fingerprint density at radius 2 is 1.73 bits per heavy atom. The molecule has 0 aromatic rings. The Morgan fingerprint density at radius 1 is 1.07 bits per heavy atom. The first-order chi connectivity index (χ1) is 7.03. The molecule has 0 heterocycles. The quantitative estimate of drug-likeness (QED) is 0.492. The average Bonchev–Trinajstić information content (AvgIpc) is 2.10. The topological polar surface area (TPSA) is 0 Å². The number of hydrogen-bond acceptors (Lipinski definition) is 0. The van der Waals surface area contributed by atoms with E-state index in [1.807, 2.05) is 0 Å². The van der Waals surface area contributed by atoms with Crippen molar-refractivity contribution in [3.63, 3.8) is 0 Å². The van der Waals surface area contributed by atoms with Crippen LogP contribution in [0.15, 0.2) is 0 Å². The molecule has 1 fully saturated rings. The van der Waals surface area contributed by atoms with Crippen molar-refractivity contribution in [1.82, 2.24) is 0 Å². The minimum atomic E-state index is 0.610. The first-order valence-electron chi connectivity index (χ1n) is 7.03. The molecule has 1 aliphatic rings. The van der Waals surface area contributed by atoms with Crippen molar-refractivity contribution in [2.45, 2.75) is 79.1 Å². The van der Waals surface area contributed by atoms with E-state index in [1.165, 1.54) is 51.4 Å². The Morgan fingerprint density at radius 3 is 2.27 bits per heavy atom. The molecule has 0 unspecified atom stereocenters. The maximum atomic E-state index is 2.47. The Labute approximate surface area is 96.8 Å². The van der Waals surface area contributed by atoms with Gasteiger partial charge in [0, 0.05) is 0 Å². The summed E-state index contributed by atoms with van der Waals surface area (Å²) < 4.78 is 0. The number of unbranched alkanes of at least 4 members (excludes halogenated alkanes) is 3. The van der Waals surface area contributed by atoms with Crippen LogP contribution in [-0.2, 0) is 0 Å². The summed E-state index contributed by atoms with van der Waals surface area (Å²) >= 11 is 0. The highest BCUT2D eigenvalue weighted by molar-refractivity contribution is 4.82. The van der Waals surface area contributed by atoms with Crippen molar-refractivity contribution >= 4 is 0 Å². The highest BCUT2D eigenvalue weighted by Crippen LogP contribution is 2.42. The van der Waals surface area contributed by atoms with Crippen LogP contribution in [0.2, 0.25) is 0 Å². The third kappa shape index (κ3) is 5.04. The van der Waals surface area contributed by atoms with Crippen molar-refractivity contribution in [2.24, 2.45) is 17.3 Å². The van der Waals surface area contributed by atoms with E-state index in [2.05, 4.69) is 27.7 Å². The Kier molecular flexibility index (Phi) is 5.15. The summed E-state index contributed by atoms with van der Waals surface area (Å²) in [5.74, 6) is 2.08. The molecular formula is C15H30. The van der Waals surface area contributed by atoms with Crippen LogP contribution in [0.5, 0.6) is 0 Å². The molecule has 0 amide bonds. The minimum Gasteiger partial charge on any atom is -0.0654 e. The van der Waals surface area contributed by atoms with E-state index in [-0.39, 0.29) is 0 Å². The zero-order chi connectivity index (χ0) is 11.3. The third-order valence-corrected chi connectivity index (χ3v) is 4.02. The van der Waals surface area contributed by atoms with Gasteiger partial charge in [-0.3, -0.25) is 0 Å². The summed E-state index contributed by atoms with van der Waals surface area (Å²) in [6.45, 7) is 9.63. The van der Waals surface area contributed by atoms with Crippen LogP contribution < -0.4 is 0 Å². The summed E-state index contributed by atoms with van der Waals surface area (Å²) in [7, 11) is 0. The van der Waals surface area contributed by atoms with E-state index in [4.69, 9.17) is 0 Å². The van der Waals surface area contributed by atoms with Crippen molar-refractivity contribution in [3.05, 3.63) is 0 Å². The van der Waals surface area contributed by atoms with E-state index >= 15 is 0 Å². The first kappa shape index (κ1) is 13.1. The van der Waals surface area contributed by atoms with Gasteiger partial charge in [0.05, 0.1) is 0 Å². The molecule has 1 rings (SSSR count). The van der Waals surface area contributed by atoms with Gasteiger partial charge in [0.15, 0.2) is 0 Å². The lowest BCUT2D eigenvalue weighted by Gasteiger charge is -2.38. The lowest BCUT2D eigenvalue weighted by atomic mass is 9.67. The minimum absolute atomic E-state index is 0.610. The number of hydrogen-bond donors (Lipinski definition) is 0. The fraction of sp³-hybridized carbons (Fsp3) is 1.00. The molecular weight excluding hydrogens is 180 g/mol. The second kappa shape index (κ2) is 5.92. The van der Waals surface area contributed by atoms with Crippen molar-refractivity contribution < 1.29 is 0 Å². The fourth-order valence-corrected chi connectivity index (χ4v) is 3.15. The zero-order valence-corrected chi connectivity index (χ0v) is 11.3. The monoisotopic (exact) mass is 210 g/mol. The van der Waals surface area contributed by atoms with Crippen molar-refractivity contribution in [3.8, 4) is 0 Å². The van der Waals surface area contributed by atoms with E-state index in [1.54, 1.807) is 0 Å². The largest absolute Gasteiger partial charge is 0.0654 e. The molecule has 0 nitrogen and oxygen atoms in total. The third-order valence-electron chi connectivity index (χ3n) is 4.02. The van der Waals surface area contributed by atoms with Crippen molar-refractivity contribution in [2.75, 3.05) is 0 Å². The molecule has 0 radical (unpaired) electrons. The summed E-state index contributed by atoms with van der Waals surface area (Å²) in [5, 5.41) is 0. The normalized spacial score (nSPS) is 26.4. The van der Waals surface area contributed by atoms with Crippen LogP contribution >= 0.6 is 0 Å². The van der Waals surface area contributed by atoms with Crippen LogP contribution in [0.1, 0.15) is 79.1 Å². The summed E-state index contributed by atoms with van der Waals surface area (Å²) in [6, 6.07) is 0. The molecule has 90 valence electrons. The van der Waals surface area contributed by atoms with Gasteiger partial charge in [-0.15, -0.1) is 0 Å². The lowest BCUT2D eigenvalue weighted by molar-refractivity contribution is 0.130. The maximum absolute atomic E-state index is 2.47. The molecule has 0 aromatic heterocycles. The van der Waals surface area contributed by atoms with E-state index in [0.29, 0.717) is 5.41 Å². The molecule has 15 heavy (non-hydrogen) atoms. The molecule has 0 N–H and O–H groups in total. The second-order valence-corrected chi connectivity index (χ2v) is 6.62. The molecule has 0 bridgehead atoms. The Bertz CT molecular complexity index is 163. The van der Waals surface area contributed by atoms with Gasteiger partial charge >= 0.3 is 0 Å². The molecule has 0 heteroatoms. The van der Waals surface area contributed by atoms with Crippen molar-refractivity contribution in [1.29, 1.82) is 0 Å². The van der Waals surface area contributed by atoms with E-state index in [9.17, 15) is 0 Å². The molecule has 1 saturated carbocycles. The number of rotatable bonds is 7. The molecule has 0 saturated heterocycles. The van der Waals surface area contributed by atoms with E-state index in [0.717, 1.165) is 11.8 Å². The molecule has 0 spiro atoms. The SMILES string of the molecule is CCCCCCC(C)(C)CC1CC(C)C1. The zero-order valence-electron chi connectivity index (χ0n) is 11.3. The molecule has 1 aliphatic carbocycles. The standard InChI is InChI=1S/C15H30/c1-5-6-7-8-9-15(3,4)12-14-10-13(2)11-14/h13-14H,5-12H2,1-4H3. The van der Waals surface area contributed by atoms with Gasteiger partial charge in [-0.25, -0.2) is 0 Å².